The van der Waals surface area contributed by atoms with Crippen molar-refractivity contribution in [2.45, 2.75) is 25.8 Å². The number of amides is 4. The molecular weight excluding hydrogens is 454 g/mol. The smallest absolute Gasteiger partial charge is 0.318 e. The van der Waals surface area contributed by atoms with E-state index < -0.39 is 6.04 Å². The fraction of sp³-hybridized carbons (Fsp3) is 0.320. The molecule has 0 spiro atoms. The number of carbonyl (C=O) groups is 3. The number of halogens is 1. The van der Waals surface area contributed by atoms with Gasteiger partial charge in [-0.1, -0.05) is 35.9 Å². The number of anilines is 1. The van der Waals surface area contributed by atoms with Crippen molar-refractivity contribution in [3.05, 3.63) is 65.3 Å². The maximum atomic E-state index is 12.7. The van der Waals surface area contributed by atoms with Crippen molar-refractivity contribution >= 4 is 46.0 Å². The second kappa shape index (κ2) is 10.6. The van der Waals surface area contributed by atoms with Crippen LogP contribution < -0.4 is 10.6 Å². The van der Waals surface area contributed by atoms with Crippen molar-refractivity contribution in [3.63, 3.8) is 0 Å². The summed E-state index contributed by atoms with van der Waals surface area (Å²) >= 11 is 5.94. The minimum atomic E-state index is -0.720. The Labute approximate surface area is 203 Å². The van der Waals surface area contributed by atoms with E-state index in [1.165, 1.54) is 0 Å². The van der Waals surface area contributed by atoms with E-state index in [-0.39, 0.29) is 17.8 Å². The van der Waals surface area contributed by atoms with Crippen LogP contribution in [0.25, 0.3) is 10.9 Å². The number of nitrogens with one attached hydrogen (secondary N) is 3. The molecule has 3 N–H and O–H groups in total. The summed E-state index contributed by atoms with van der Waals surface area (Å²) in [6, 6.07) is 13.8. The van der Waals surface area contributed by atoms with Gasteiger partial charge in [0.2, 0.25) is 11.8 Å². The molecule has 8 nitrogen and oxygen atoms in total. The molecule has 1 aliphatic heterocycles. The van der Waals surface area contributed by atoms with Gasteiger partial charge in [0, 0.05) is 60.4 Å². The highest BCUT2D eigenvalue weighted by atomic mass is 35.5. The molecule has 1 saturated heterocycles. The number of aryl methyl sites for hydroxylation is 1. The minimum Gasteiger partial charge on any atom is -0.361 e. The van der Waals surface area contributed by atoms with E-state index in [0.29, 0.717) is 49.7 Å². The highest BCUT2D eigenvalue weighted by Gasteiger charge is 2.26. The summed E-state index contributed by atoms with van der Waals surface area (Å²) in [5.41, 5.74) is 2.77. The number of benzene rings is 2. The van der Waals surface area contributed by atoms with Gasteiger partial charge in [-0.3, -0.25) is 9.59 Å². The lowest BCUT2D eigenvalue weighted by molar-refractivity contribution is -0.132. The van der Waals surface area contributed by atoms with Gasteiger partial charge in [0.25, 0.3) is 0 Å². The zero-order chi connectivity index (χ0) is 24.1. The number of urea groups is 1. The first-order valence-corrected chi connectivity index (χ1v) is 11.7. The SMILES string of the molecule is C[C@@H](NC(=O)N1CCN(C(=O)CCc2c[nH]c3ccccc23)CC1)C(=O)Nc1cccc(Cl)c1. The largest absolute Gasteiger partial charge is 0.361 e. The Kier molecular flexibility index (Phi) is 7.37. The van der Waals surface area contributed by atoms with Crippen LogP contribution in [-0.4, -0.2) is 64.9 Å². The molecule has 2 heterocycles. The molecule has 3 aromatic rings. The summed E-state index contributed by atoms with van der Waals surface area (Å²) in [5, 5.41) is 7.12. The second-order valence-corrected chi connectivity index (χ2v) is 8.83. The lowest BCUT2D eigenvalue weighted by atomic mass is 10.1. The number of fused-ring (bicyclic) bond motifs is 1. The average molecular weight is 482 g/mol. The molecule has 1 aromatic heterocycles. The quantitative estimate of drug-likeness (QED) is 0.501. The van der Waals surface area contributed by atoms with Gasteiger partial charge < -0.3 is 25.4 Å². The first-order chi connectivity index (χ1) is 16.4. The molecule has 0 aliphatic carbocycles. The number of carbonyl (C=O) groups excluding carboxylic acids is 3. The van der Waals surface area contributed by atoms with Gasteiger partial charge in [0.1, 0.15) is 6.04 Å². The van der Waals surface area contributed by atoms with Gasteiger partial charge in [0.15, 0.2) is 0 Å². The Morgan fingerprint density at radius 2 is 1.76 bits per heavy atom. The summed E-state index contributed by atoms with van der Waals surface area (Å²) < 4.78 is 0. The summed E-state index contributed by atoms with van der Waals surface area (Å²) in [5.74, 6) is -0.249. The predicted molar refractivity (Wildman–Crippen MR) is 133 cm³/mol. The standard InChI is InChI=1S/C25H28ClN5O3/c1-17(24(33)29-20-6-4-5-19(26)15-20)28-25(34)31-13-11-30(12-14-31)23(32)10-9-18-16-27-22-8-3-2-7-21(18)22/h2-8,15-17,27H,9-14H2,1H3,(H,28,34)(H,29,33)/t17-/m1/s1. The molecule has 9 heteroatoms. The first kappa shape index (κ1) is 23.6. The topological polar surface area (TPSA) is 97.5 Å². The highest BCUT2D eigenvalue weighted by molar-refractivity contribution is 6.30. The summed E-state index contributed by atoms with van der Waals surface area (Å²) in [4.78, 5) is 44.4. The van der Waals surface area contributed by atoms with Gasteiger partial charge in [-0.15, -0.1) is 0 Å². The molecule has 2 aromatic carbocycles. The molecule has 0 bridgehead atoms. The molecule has 0 unspecified atom stereocenters. The van der Waals surface area contributed by atoms with Crippen LogP contribution in [0.4, 0.5) is 10.5 Å². The summed E-state index contributed by atoms with van der Waals surface area (Å²) in [6.45, 7) is 3.43. The number of hydrogen-bond acceptors (Lipinski definition) is 3. The number of piperazine rings is 1. The third kappa shape index (κ3) is 5.69. The maximum Gasteiger partial charge on any atom is 0.318 e. The molecule has 34 heavy (non-hydrogen) atoms. The van der Waals surface area contributed by atoms with E-state index >= 15 is 0 Å². The third-order valence-electron chi connectivity index (χ3n) is 6.03. The molecule has 1 atom stereocenters. The Bertz CT molecular complexity index is 1190. The van der Waals surface area contributed by atoms with Crippen LogP contribution in [0.1, 0.15) is 18.9 Å². The lowest BCUT2D eigenvalue weighted by Crippen LogP contribution is -2.55. The Hall–Kier alpha value is -3.52. The van der Waals surface area contributed by atoms with Crippen LogP contribution in [0.3, 0.4) is 0 Å². The van der Waals surface area contributed by atoms with Gasteiger partial charge in [-0.2, -0.15) is 0 Å². The van der Waals surface area contributed by atoms with Gasteiger partial charge in [0.05, 0.1) is 0 Å². The Balaban J connectivity index is 1.21. The third-order valence-corrected chi connectivity index (χ3v) is 6.26. The van der Waals surface area contributed by atoms with E-state index in [4.69, 9.17) is 11.6 Å². The monoisotopic (exact) mass is 481 g/mol. The average Bonchev–Trinajstić information content (AvgIpc) is 3.25. The first-order valence-electron chi connectivity index (χ1n) is 11.4. The van der Waals surface area contributed by atoms with Crippen LogP contribution in [0, 0.1) is 0 Å². The van der Waals surface area contributed by atoms with Gasteiger partial charge in [-0.05, 0) is 43.2 Å². The number of H-pyrrole nitrogens is 1. The lowest BCUT2D eigenvalue weighted by Gasteiger charge is -2.35. The molecule has 0 saturated carbocycles. The minimum absolute atomic E-state index is 0.0830. The van der Waals surface area contributed by atoms with Crippen molar-refractivity contribution < 1.29 is 14.4 Å². The van der Waals surface area contributed by atoms with Crippen molar-refractivity contribution in [2.24, 2.45) is 0 Å². The molecule has 1 fully saturated rings. The van der Waals surface area contributed by atoms with E-state index in [1.807, 2.05) is 24.4 Å². The van der Waals surface area contributed by atoms with Crippen LogP contribution >= 0.6 is 11.6 Å². The van der Waals surface area contributed by atoms with E-state index in [2.05, 4.69) is 21.7 Å². The van der Waals surface area contributed by atoms with Crippen molar-refractivity contribution in [2.75, 3.05) is 31.5 Å². The van der Waals surface area contributed by atoms with Crippen LogP contribution in [-0.2, 0) is 16.0 Å². The molecule has 4 amide bonds. The van der Waals surface area contributed by atoms with Crippen LogP contribution in [0.5, 0.6) is 0 Å². The van der Waals surface area contributed by atoms with E-state index in [1.54, 1.807) is 41.0 Å². The fourth-order valence-corrected chi connectivity index (χ4v) is 4.25. The number of nitrogens with zero attached hydrogens (tertiary/aromatic N) is 2. The highest BCUT2D eigenvalue weighted by Crippen LogP contribution is 2.19. The fourth-order valence-electron chi connectivity index (χ4n) is 4.06. The zero-order valence-corrected chi connectivity index (χ0v) is 19.8. The van der Waals surface area contributed by atoms with Crippen molar-refractivity contribution in [3.8, 4) is 0 Å². The molecular formula is C25H28ClN5O3. The normalized spacial score (nSPS) is 14.6. The predicted octanol–water partition coefficient (Wildman–Crippen LogP) is 3.63. The molecule has 4 rings (SSSR count). The Morgan fingerprint density at radius 1 is 1.03 bits per heavy atom. The van der Waals surface area contributed by atoms with Gasteiger partial charge >= 0.3 is 6.03 Å². The number of hydrogen-bond donors (Lipinski definition) is 3. The van der Waals surface area contributed by atoms with Crippen molar-refractivity contribution in [1.29, 1.82) is 0 Å². The van der Waals surface area contributed by atoms with Crippen LogP contribution in [0.2, 0.25) is 5.02 Å². The van der Waals surface area contributed by atoms with E-state index in [9.17, 15) is 14.4 Å². The van der Waals surface area contributed by atoms with Crippen LogP contribution in [0.15, 0.2) is 54.7 Å². The number of aromatic amines is 1. The maximum absolute atomic E-state index is 12.7. The number of aromatic nitrogens is 1. The number of rotatable bonds is 6. The Morgan fingerprint density at radius 3 is 2.53 bits per heavy atom. The zero-order valence-electron chi connectivity index (χ0n) is 19.0. The number of para-hydroxylation sites is 1. The second-order valence-electron chi connectivity index (χ2n) is 8.40. The summed E-state index contributed by atoms with van der Waals surface area (Å²) in [7, 11) is 0. The van der Waals surface area contributed by atoms with Gasteiger partial charge in [-0.25, -0.2) is 4.79 Å². The summed E-state index contributed by atoms with van der Waals surface area (Å²) in [6.07, 6.45) is 3.06. The van der Waals surface area contributed by atoms with Crippen molar-refractivity contribution in [1.82, 2.24) is 20.1 Å². The molecule has 1 aliphatic rings. The molecule has 178 valence electrons. The molecule has 0 radical (unpaired) electrons. The van der Waals surface area contributed by atoms with E-state index in [0.717, 1.165) is 16.5 Å².